The van der Waals surface area contributed by atoms with E-state index >= 15 is 0 Å². The fourth-order valence-corrected chi connectivity index (χ4v) is 2.60. The van der Waals surface area contributed by atoms with Crippen LogP contribution in [0.3, 0.4) is 0 Å². The highest BCUT2D eigenvalue weighted by atomic mass is 35.5. The zero-order chi connectivity index (χ0) is 16.8. The van der Waals surface area contributed by atoms with E-state index in [4.69, 9.17) is 23.2 Å². The summed E-state index contributed by atoms with van der Waals surface area (Å²) < 4.78 is 13.4. The van der Waals surface area contributed by atoms with Crippen molar-refractivity contribution in [3.05, 3.63) is 69.5 Å². The van der Waals surface area contributed by atoms with Crippen LogP contribution in [0.1, 0.15) is 15.9 Å². The summed E-state index contributed by atoms with van der Waals surface area (Å²) in [6.07, 6.45) is 0. The lowest BCUT2D eigenvalue weighted by Gasteiger charge is -2.17. The smallest absolute Gasteiger partial charge is 0.252 e. The summed E-state index contributed by atoms with van der Waals surface area (Å²) in [6, 6.07) is 12.3. The molecule has 0 saturated carbocycles. The first-order valence-corrected chi connectivity index (χ1v) is 7.88. The SMILES string of the molecule is CN(CCNC(=O)c1cc(F)c(Cl)cc1Cl)Cc1ccccc1. The van der Waals surface area contributed by atoms with Crippen LogP contribution < -0.4 is 5.32 Å². The van der Waals surface area contributed by atoms with Gasteiger partial charge in [0.2, 0.25) is 0 Å². The number of hydrogen-bond acceptors (Lipinski definition) is 2. The number of likely N-dealkylation sites (N-methyl/N-ethyl adjacent to an activating group) is 1. The van der Waals surface area contributed by atoms with Gasteiger partial charge in [-0.15, -0.1) is 0 Å². The van der Waals surface area contributed by atoms with Crippen LogP contribution in [-0.4, -0.2) is 30.9 Å². The molecule has 0 aliphatic heterocycles. The van der Waals surface area contributed by atoms with Gasteiger partial charge in [0.15, 0.2) is 0 Å². The third-order valence-electron chi connectivity index (χ3n) is 3.33. The first kappa shape index (κ1) is 17.7. The Kier molecular flexibility index (Phi) is 6.39. The van der Waals surface area contributed by atoms with Crippen LogP contribution in [0.25, 0.3) is 0 Å². The molecule has 1 N–H and O–H groups in total. The van der Waals surface area contributed by atoms with E-state index in [1.54, 1.807) is 0 Å². The summed E-state index contributed by atoms with van der Waals surface area (Å²) in [5, 5.41) is 2.76. The Morgan fingerprint density at radius 3 is 2.57 bits per heavy atom. The van der Waals surface area contributed by atoms with Gasteiger partial charge in [-0.05, 0) is 24.7 Å². The van der Waals surface area contributed by atoms with Crippen molar-refractivity contribution >= 4 is 29.1 Å². The molecule has 2 rings (SSSR count). The van der Waals surface area contributed by atoms with E-state index in [9.17, 15) is 9.18 Å². The molecular formula is C17H17Cl2FN2O. The molecule has 0 aliphatic carbocycles. The average Bonchev–Trinajstić information content (AvgIpc) is 2.51. The molecule has 0 saturated heterocycles. The van der Waals surface area contributed by atoms with E-state index in [0.717, 1.165) is 12.6 Å². The van der Waals surface area contributed by atoms with Crippen molar-refractivity contribution in [1.29, 1.82) is 0 Å². The maximum Gasteiger partial charge on any atom is 0.252 e. The number of nitrogens with one attached hydrogen (secondary N) is 1. The van der Waals surface area contributed by atoms with Crippen molar-refractivity contribution in [3.63, 3.8) is 0 Å². The van der Waals surface area contributed by atoms with E-state index in [0.29, 0.717) is 13.1 Å². The van der Waals surface area contributed by atoms with Gasteiger partial charge in [0.05, 0.1) is 15.6 Å². The third kappa shape index (κ3) is 5.20. The van der Waals surface area contributed by atoms with E-state index < -0.39 is 11.7 Å². The Hall–Kier alpha value is -1.62. The number of hydrogen-bond donors (Lipinski definition) is 1. The predicted molar refractivity (Wildman–Crippen MR) is 91.5 cm³/mol. The second-order valence-corrected chi connectivity index (χ2v) is 6.04. The maximum absolute atomic E-state index is 13.4. The van der Waals surface area contributed by atoms with Gasteiger partial charge in [0.1, 0.15) is 5.82 Å². The van der Waals surface area contributed by atoms with Crippen LogP contribution in [0.2, 0.25) is 10.0 Å². The minimum absolute atomic E-state index is 0.0827. The van der Waals surface area contributed by atoms with Gasteiger partial charge in [-0.1, -0.05) is 53.5 Å². The summed E-state index contributed by atoms with van der Waals surface area (Å²) in [5.74, 6) is -1.08. The third-order valence-corrected chi connectivity index (χ3v) is 3.93. The van der Waals surface area contributed by atoms with E-state index in [1.165, 1.54) is 11.6 Å². The molecule has 2 aromatic rings. The van der Waals surface area contributed by atoms with Crippen LogP contribution >= 0.6 is 23.2 Å². The molecule has 0 radical (unpaired) electrons. The lowest BCUT2D eigenvalue weighted by molar-refractivity contribution is 0.0949. The molecular weight excluding hydrogens is 338 g/mol. The molecule has 122 valence electrons. The zero-order valence-corrected chi connectivity index (χ0v) is 14.2. The Morgan fingerprint density at radius 2 is 1.87 bits per heavy atom. The van der Waals surface area contributed by atoms with Crippen molar-refractivity contribution in [2.75, 3.05) is 20.1 Å². The van der Waals surface area contributed by atoms with Crippen LogP contribution in [0.15, 0.2) is 42.5 Å². The molecule has 0 aromatic heterocycles. The summed E-state index contributed by atoms with van der Waals surface area (Å²) in [7, 11) is 1.97. The summed E-state index contributed by atoms with van der Waals surface area (Å²) >= 11 is 11.5. The van der Waals surface area contributed by atoms with Gasteiger partial charge in [-0.25, -0.2) is 4.39 Å². The zero-order valence-electron chi connectivity index (χ0n) is 12.7. The first-order valence-electron chi connectivity index (χ1n) is 7.12. The summed E-state index contributed by atoms with van der Waals surface area (Å²) in [4.78, 5) is 14.1. The topological polar surface area (TPSA) is 32.3 Å². The van der Waals surface area contributed by atoms with Crippen LogP contribution in [0.5, 0.6) is 0 Å². The van der Waals surface area contributed by atoms with Crippen molar-refractivity contribution < 1.29 is 9.18 Å². The number of carbonyl (C=O) groups is 1. The van der Waals surface area contributed by atoms with Crippen molar-refractivity contribution in [2.24, 2.45) is 0 Å². The standard InChI is InChI=1S/C17H17Cl2FN2O/c1-22(11-12-5-3-2-4-6-12)8-7-21-17(23)13-9-16(20)15(19)10-14(13)18/h2-6,9-10H,7-8,11H2,1H3,(H,21,23). The van der Waals surface area contributed by atoms with Crippen molar-refractivity contribution in [2.45, 2.75) is 6.54 Å². The lowest BCUT2D eigenvalue weighted by atomic mass is 10.2. The van der Waals surface area contributed by atoms with Gasteiger partial charge < -0.3 is 10.2 Å². The normalized spacial score (nSPS) is 10.8. The fourth-order valence-electron chi connectivity index (χ4n) is 2.13. The van der Waals surface area contributed by atoms with Crippen molar-refractivity contribution in [1.82, 2.24) is 10.2 Å². The van der Waals surface area contributed by atoms with Crippen LogP contribution in [-0.2, 0) is 6.54 Å². The molecule has 0 atom stereocenters. The lowest BCUT2D eigenvalue weighted by Crippen LogP contribution is -2.33. The first-order chi connectivity index (χ1) is 11.0. The monoisotopic (exact) mass is 354 g/mol. The Labute approximate surface area is 145 Å². The molecule has 0 bridgehead atoms. The molecule has 3 nitrogen and oxygen atoms in total. The van der Waals surface area contributed by atoms with Gasteiger partial charge in [-0.3, -0.25) is 4.79 Å². The molecule has 0 unspecified atom stereocenters. The molecule has 6 heteroatoms. The fraction of sp³-hybridized carbons (Fsp3) is 0.235. The van der Waals surface area contributed by atoms with Crippen LogP contribution in [0.4, 0.5) is 4.39 Å². The van der Waals surface area contributed by atoms with Gasteiger partial charge >= 0.3 is 0 Å². The number of halogens is 3. The van der Waals surface area contributed by atoms with Gasteiger partial charge in [0, 0.05) is 19.6 Å². The van der Waals surface area contributed by atoms with E-state index in [-0.39, 0.29) is 15.6 Å². The van der Waals surface area contributed by atoms with Gasteiger partial charge in [-0.2, -0.15) is 0 Å². The molecule has 0 spiro atoms. The van der Waals surface area contributed by atoms with E-state index in [1.807, 2.05) is 37.4 Å². The second kappa shape index (κ2) is 8.29. The van der Waals surface area contributed by atoms with Crippen LogP contribution in [0, 0.1) is 5.82 Å². The highest BCUT2D eigenvalue weighted by Crippen LogP contribution is 2.24. The predicted octanol–water partition coefficient (Wildman–Crippen LogP) is 3.99. The Bertz CT molecular complexity index is 680. The quantitative estimate of drug-likeness (QED) is 0.795. The molecule has 0 aliphatic rings. The number of rotatable bonds is 6. The number of amides is 1. The summed E-state index contributed by atoms with van der Waals surface area (Å²) in [6.45, 7) is 1.88. The van der Waals surface area contributed by atoms with Crippen molar-refractivity contribution in [3.8, 4) is 0 Å². The highest BCUT2D eigenvalue weighted by molar-refractivity contribution is 6.36. The molecule has 23 heavy (non-hydrogen) atoms. The number of nitrogens with zero attached hydrogens (tertiary/aromatic N) is 1. The number of benzene rings is 2. The molecule has 1 amide bonds. The number of carbonyl (C=O) groups excluding carboxylic acids is 1. The molecule has 2 aromatic carbocycles. The molecule has 0 heterocycles. The maximum atomic E-state index is 13.4. The minimum Gasteiger partial charge on any atom is -0.351 e. The Morgan fingerprint density at radius 1 is 1.17 bits per heavy atom. The minimum atomic E-state index is -0.664. The molecule has 0 fully saturated rings. The largest absolute Gasteiger partial charge is 0.351 e. The van der Waals surface area contributed by atoms with Gasteiger partial charge in [0.25, 0.3) is 5.91 Å². The van der Waals surface area contributed by atoms with E-state index in [2.05, 4.69) is 10.2 Å². The Balaban J connectivity index is 1.84. The average molecular weight is 355 g/mol. The highest BCUT2D eigenvalue weighted by Gasteiger charge is 2.14. The summed E-state index contributed by atoms with van der Waals surface area (Å²) in [5.41, 5.74) is 1.28. The second-order valence-electron chi connectivity index (χ2n) is 5.23.